The highest BCUT2D eigenvalue weighted by Crippen LogP contribution is 2.27. The number of para-hydroxylation sites is 2. The van der Waals surface area contributed by atoms with E-state index in [4.69, 9.17) is 4.74 Å². The van der Waals surface area contributed by atoms with Gasteiger partial charge in [0, 0.05) is 5.38 Å². The van der Waals surface area contributed by atoms with E-state index in [-0.39, 0.29) is 29.5 Å². The lowest BCUT2D eigenvalue weighted by Gasteiger charge is -2.01. The lowest BCUT2D eigenvalue weighted by Crippen LogP contribution is -2.07. The van der Waals surface area contributed by atoms with E-state index in [1.54, 1.807) is 12.3 Å². The van der Waals surface area contributed by atoms with Crippen LogP contribution in [0, 0.1) is 11.3 Å². The molecule has 2 aromatic heterocycles. The number of hydrogen-bond donors (Lipinski definition) is 2. The number of aromatic amines is 1. The first-order valence-corrected chi connectivity index (χ1v) is 9.97. The number of imidazole rings is 1. The van der Waals surface area contributed by atoms with E-state index in [1.807, 2.05) is 30.3 Å². The summed E-state index contributed by atoms with van der Waals surface area (Å²) in [6.07, 6.45) is 0.120. The van der Waals surface area contributed by atoms with Crippen LogP contribution in [0.3, 0.4) is 0 Å². The number of thioether (sulfide) groups is 1. The molecule has 138 valence electrons. The van der Waals surface area contributed by atoms with Crippen molar-refractivity contribution in [2.24, 2.45) is 0 Å². The number of carbonyl (C=O) groups is 1. The summed E-state index contributed by atoms with van der Waals surface area (Å²) in [5, 5.41) is 21.6. The van der Waals surface area contributed by atoms with Crippen LogP contribution in [0.15, 0.2) is 39.7 Å². The van der Waals surface area contributed by atoms with Crippen LogP contribution >= 0.6 is 23.1 Å². The van der Waals surface area contributed by atoms with Gasteiger partial charge in [0.05, 0.1) is 35.5 Å². The van der Waals surface area contributed by atoms with Crippen LogP contribution in [0.5, 0.6) is 0 Å². The molecule has 0 atom stereocenters. The van der Waals surface area contributed by atoms with Gasteiger partial charge in [0.15, 0.2) is 10.2 Å². The van der Waals surface area contributed by atoms with Crippen molar-refractivity contribution < 1.29 is 14.6 Å². The number of nitrogens with zero attached hydrogens (tertiary/aromatic N) is 3. The summed E-state index contributed by atoms with van der Waals surface area (Å²) in [6, 6.07) is 9.41. The Morgan fingerprint density at radius 2 is 2.22 bits per heavy atom. The van der Waals surface area contributed by atoms with E-state index in [0.717, 1.165) is 11.0 Å². The third-order valence-corrected chi connectivity index (χ3v) is 5.60. The number of esters is 1. The highest BCUT2D eigenvalue weighted by molar-refractivity contribution is 8.01. The third-order valence-electron chi connectivity index (χ3n) is 3.52. The molecule has 0 unspecified atom stereocenters. The van der Waals surface area contributed by atoms with Gasteiger partial charge in [-0.2, -0.15) is 5.26 Å². The molecule has 0 fully saturated rings. The molecule has 0 radical (unpaired) electrons. The average Bonchev–Trinajstić information content (AvgIpc) is 3.27. The number of thiazole rings is 1. The van der Waals surface area contributed by atoms with Crippen molar-refractivity contribution in [3.63, 3.8) is 0 Å². The summed E-state index contributed by atoms with van der Waals surface area (Å²) in [5.74, 6) is 0.105. The van der Waals surface area contributed by atoms with Gasteiger partial charge in [-0.05, 0) is 19.1 Å². The number of carbonyl (C=O) groups excluding carboxylic acids is 1. The zero-order valence-electron chi connectivity index (χ0n) is 14.4. The molecule has 0 spiro atoms. The molecule has 0 bridgehead atoms. The Bertz CT molecular complexity index is 1000. The fourth-order valence-corrected chi connectivity index (χ4v) is 4.05. The number of aliphatic hydroxyl groups is 1. The Morgan fingerprint density at radius 1 is 1.41 bits per heavy atom. The molecule has 0 aliphatic rings. The summed E-state index contributed by atoms with van der Waals surface area (Å²) in [7, 11) is 0. The van der Waals surface area contributed by atoms with Gasteiger partial charge in [-0.1, -0.05) is 23.9 Å². The molecule has 9 heteroatoms. The van der Waals surface area contributed by atoms with Crippen LogP contribution in [0.2, 0.25) is 0 Å². The quantitative estimate of drug-likeness (QED) is 0.269. The van der Waals surface area contributed by atoms with Crippen molar-refractivity contribution in [3.05, 3.63) is 46.9 Å². The standard InChI is InChI=1S/C18H16N4O3S2/c1-2-25-16(24)7-11-9-26-18(20-11)27-10-15(23)12(8-19)17-21-13-5-3-4-6-14(13)22-17/h3-6,9,23H,2,7,10H2,1H3,(H,21,22)/b15-12-. The van der Waals surface area contributed by atoms with Gasteiger partial charge in [-0.15, -0.1) is 11.3 Å². The number of nitrogens with one attached hydrogen (secondary N) is 1. The molecule has 3 aromatic rings. The van der Waals surface area contributed by atoms with Crippen molar-refractivity contribution >= 4 is 45.7 Å². The van der Waals surface area contributed by atoms with E-state index in [9.17, 15) is 15.2 Å². The first-order chi connectivity index (χ1) is 13.1. The fourth-order valence-electron chi connectivity index (χ4n) is 2.32. The van der Waals surface area contributed by atoms with Gasteiger partial charge in [-0.3, -0.25) is 4.79 Å². The number of allylic oxidation sites excluding steroid dienone is 1. The minimum absolute atomic E-state index is 0.0799. The highest BCUT2D eigenvalue weighted by atomic mass is 32.2. The summed E-state index contributed by atoms with van der Waals surface area (Å²) < 4.78 is 5.60. The Kier molecular flexibility index (Phi) is 6.11. The van der Waals surface area contributed by atoms with E-state index >= 15 is 0 Å². The van der Waals surface area contributed by atoms with Crippen LogP contribution < -0.4 is 0 Å². The normalized spacial score (nSPS) is 11.9. The molecule has 0 saturated heterocycles. The molecule has 0 saturated carbocycles. The van der Waals surface area contributed by atoms with Crippen LogP contribution in [-0.4, -0.2) is 38.4 Å². The van der Waals surface area contributed by atoms with Crippen molar-refractivity contribution in [3.8, 4) is 6.07 Å². The summed E-state index contributed by atoms with van der Waals surface area (Å²) in [4.78, 5) is 23.2. The predicted molar refractivity (Wildman–Crippen MR) is 104 cm³/mol. The minimum atomic E-state index is -0.321. The molecule has 7 nitrogen and oxygen atoms in total. The number of aromatic nitrogens is 3. The number of nitriles is 1. The van der Waals surface area contributed by atoms with Crippen LogP contribution in [0.25, 0.3) is 16.6 Å². The molecule has 3 rings (SSSR count). The average molecular weight is 400 g/mol. The van der Waals surface area contributed by atoms with Gasteiger partial charge >= 0.3 is 5.97 Å². The summed E-state index contributed by atoms with van der Waals surface area (Å²) >= 11 is 2.66. The van der Waals surface area contributed by atoms with Crippen molar-refractivity contribution in [2.45, 2.75) is 17.7 Å². The van der Waals surface area contributed by atoms with Crippen LogP contribution in [0.1, 0.15) is 18.4 Å². The number of aliphatic hydroxyl groups excluding tert-OH is 1. The molecular formula is C18H16N4O3S2. The topological polar surface area (TPSA) is 112 Å². The van der Waals surface area contributed by atoms with Crippen molar-refractivity contribution in [1.29, 1.82) is 5.26 Å². The highest BCUT2D eigenvalue weighted by Gasteiger charge is 2.15. The molecule has 2 heterocycles. The second kappa shape index (κ2) is 8.70. The second-order valence-corrected chi connectivity index (χ2v) is 7.49. The van der Waals surface area contributed by atoms with E-state index in [0.29, 0.717) is 22.5 Å². The first-order valence-electron chi connectivity index (χ1n) is 8.10. The second-order valence-electron chi connectivity index (χ2n) is 5.41. The zero-order valence-corrected chi connectivity index (χ0v) is 16.1. The molecule has 0 amide bonds. The largest absolute Gasteiger partial charge is 0.510 e. The van der Waals surface area contributed by atoms with Gasteiger partial charge in [-0.25, -0.2) is 9.97 Å². The lowest BCUT2D eigenvalue weighted by molar-refractivity contribution is -0.142. The van der Waals surface area contributed by atoms with E-state index < -0.39 is 0 Å². The maximum Gasteiger partial charge on any atom is 0.311 e. The molecule has 0 aliphatic heterocycles. The fraction of sp³-hybridized carbons (Fsp3) is 0.222. The Balaban J connectivity index is 1.69. The predicted octanol–water partition coefficient (Wildman–Crippen LogP) is 3.71. The van der Waals surface area contributed by atoms with Crippen LogP contribution in [-0.2, 0) is 16.0 Å². The molecule has 2 N–H and O–H groups in total. The van der Waals surface area contributed by atoms with Gasteiger partial charge in [0.2, 0.25) is 0 Å². The molecule has 0 aliphatic carbocycles. The maximum absolute atomic E-state index is 11.5. The first kappa shape index (κ1) is 18.9. The SMILES string of the molecule is CCOC(=O)Cc1csc(SC/C(O)=C(\C#N)c2nc3ccccc3[nH]2)n1. The number of hydrogen-bond acceptors (Lipinski definition) is 8. The third kappa shape index (κ3) is 4.67. The summed E-state index contributed by atoms with van der Waals surface area (Å²) in [5.41, 5.74) is 2.25. The molecule has 1 aromatic carbocycles. The lowest BCUT2D eigenvalue weighted by atomic mass is 10.2. The maximum atomic E-state index is 11.5. The van der Waals surface area contributed by atoms with Gasteiger partial charge in [0.1, 0.15) is 17.4 Å². The van der Waals surface area contributed by atoms with Crippen molar-refractivity contribution in [1.82, 2.24) is 15.0 Å². The monoisotopic (exact) mass is 400 g/mol. The number of ether oxygens (including phenoxy) is 1. The van der Waals surface area contributed by atoms with Crippen LogP contribution in [0.4, 0.5) is 0 Å². The number of rotatable bonds is 7. The Morgan fingerprint density at radius 3 is 2.96 bits per heavy atom. The van der Waals surface area contributed by atoms with E-state index in [1.165, 1.54) is 23.1 Å². The molecule has 27 heavy (non-hydrogen) atoms. The molecular weight excluding hydrogens is 384 g/mol. The van der Waals surface area contributed by atoms with Crippen molar-refractivity contribution in [2.75, 3.05) is 12.4 Å². The smallest absolute Gasteiger partial charge is 0.311 e. The number of H-pyrrole nitrogens is 1. The van der Waals surface area contributed by atoms with Gasteiger partial charge in [0.25, 0.3) is 0 Å². The summed E-state index contributed by atoms with van der Waals surface area (Å²) in [6.45, 7) is 2.09. The Hall–Kier alpha value is -2.83. The zero-order chi connectivity index (χ0) is 19.2. The van der Waals surface area contributed by atoms with E-state index in [2.05, 4.69) is 15.0 Å². The Labute approximate surface area is 163 Å². The van der Waals surface area contributed by atoms with Gasteiger partial charge < -0.3 is 14.8 Å². The number of benzene rings is 1. The number of fused-ring (bicyclic) bond motifs is 1. The minimum Gasteiger partial charge on any atom is -0.510 e.